The molecule has 1 aromatic heterocycles. The zero-order valence-electron chi connectivity index (χ0n) is 19.5. The summed E-state index contributed by atoms with van der Waals surface area (Å²) in [4.78, 5) is 13.3. The summed E-state index contributed by atoms with van der Waals surface area (Å²) in [5.74, 6) is -0.695. The fourth-order valence-electron chi connectivity index (χ4n) is 3.87. The number of aromatic nitrogens is 2. The Hall–Kier alpha value is -3.94. The summed E-state index contributed by atoms with van der Waals surface area (Å²) in [5, 5.41) is 11.5. The van der Waals surface area contributed by atoms with Gasteiger partial charge in [0.05, 0.1) is 11.1 Å². The third kappa shape index (κ3) is 5.59. The molecule has 4 aromatic rings. The van der Waals surface area contributed by atoms with Crippen LogP contribution in [0.4, 0.5) is 13.2 Å². The predicted octanol–water partition coefficient (Wildman–Crippen LogP) is 6.34. The second-order valence-electron chi connectivity index (χ2n) is 8.46. The molecule has 3 aromatic carbocycles. The van der Waals surface area contributed by atoms with Crippen LogP contribution in [0.2, 0.25) is 0 Å². The maximum absolute atomic E-state index is 13.3. The van der Waals surface area contributed by atoms with E-state index in [9.17, 15) is 18.0 Å². The second-order valence-corrected chi connectivity index (χ2v) is 8.46. The molecule has 0 saturated carbocycles. The number of halogens is 3. The molecule has 0 atom stereocenters. The van der Waals surface area contributed by atoms with E-state index in [1.54, 1.807) is 12.1 Å². The number of nitrogens with zero attached hydrogens (tertiary/aromatic N) is 2. The second kappa shape index (κ2) is 9.74. The van der Waals surface area contributed by atoms with Crippen LogP contribution >= 0.6 is 0 Å². The molecule has 5 nitrogen and oxygen atoms in total. The van der Waals surface area contributed by atoms with Crippen molar-refractivity contribution in [2.45, 2.75) is 33.4 Å². The Morgan fingerprint density at radius 3 is 2.43 bits per heavy atom. The zero-order chi connectivity index (χ0) is 25.2. The maximum atomic E-state index is 13.3. The lowest BCUT2D eigenvalue weighted by molar-refractivity contribution is -0.137. The van der Waals surface area contributed by atoms with E-state index in [1.165, 1.54) is 12.1 Å². The van der Waals surface area contributed by atoms with E-state index < -0.39 is 17.6 Å². The Morgan fingerprint density at radius 1 is 0.943 bits per heavy atom. The van der Waals surface area contributed by atoms with Gasteiger partial charge in [0, 0.05) is 11.9 Å². The van der Waals surface area contributed by atoms with Crippen LogP contribution in [0, 0.1) is 20.8 Å². The van der Waals surface area contributed by atoms with Gasteiger partial charge in [-0.2, -0.15) is 13.2 Å². The van der Waals surface area contributed by atoms with Gasteiger partial charge in [0.15, 0.2) is 0 Å². The molecular formula is C27H24F3N3O2. The number of fused-ring (bicyclic) bond motifs is 1. The van der Waals surface area contributed by atoms with E-state index >= 15 is 0 Å². The van der Waals surface area contributed by atoms with E-state index in [0.29, 0.717) is 23.9 Å². The highest BCUT2D eigenvalue weighted by molar-refractivity contribution is 6.08. The highest BCUT2D eigenvalue weighted by Crippen LogP contribution is 2.34. The fraction of sp³-hybridized carbons (Fsp3) is 0.222. The number of nitrogens with one attached hydrogen (secondary N) is 1. The molecule has 1 amide bonds. The number of carbonyl (C=O) groups excluding carboxylic acids is 1. The third-order valence-electron chi connectivity index (χ3n) is 5.66. The van der Waals surface area contributed by atoms with E-state index in [2.05, 4.69) is 21.6 Å². The van der Waals surface area contributed by atoms with Crippen molar-refractivity contribution in [3.63, 3.8) is 0 Å². The smallest absolute Gasteiger partial charge is 0.416 e. The van der Waals surface area contributed by atoms with Gasteiger partial charge in [-0.15, -0.1) is 10.2 Å². The number of rotatable bonds is 6. The molecule has 180 valence electrons. The lowest BCUT2D eigenvalue weighted by Crippen LogP contribution is -2.27. The van der Waals surface area contributed by atoms with Crippen LogP contribution in [0.25, 0.3) is 10.9 Å². The normalized spacial score (nSPS) is 11.5. The van der Waals surface area contributed by atoms with Crippen LogP contribution in [-0.2, 0) is 12.6 Å². The summed E-state index contributed by atoms with van der Waals surface area (Å²) in [6, 6.07) is 15.9. The van der Waals surface area contributed by atoms with Crippen LogP contribution in [-0.4, -0.2) is 22.6 Å². The molecule has 35 heavy (non-hydrogen) atoms. The van der Waals surface area contributed by atoms with Crippen LogP contribution < -0.4 is 10.1 Å². The van der Waals surface area contributed by atoms with Crippen molar-refractivity contribution >= 4 is 16.8 Å². The molecule has 1 N–H and O–H groups in total. The molecule has 0 saturated heterocycles. The Kier molecular flexibility index (Phi) is 6.73. The number of amides is 1. The first-order valence-corrected chi connectivity index (χ1v) is 11.1. The number of carbonyl (C=O) groups is 1. The van der Waals surface area contributed by atoms with Crippen molar-refractivity contribution in [3.05, 3.63) is 94.0 Å². The van der Waals surface area contributed by atoms with Crippen molar-refractivity contribution in [3.8, 4) is 11.6 Å². The summed E-state index contributed by atoms with van der Waals surface area (Å²) in [6.07, 6.45) is -3.91. The number of aryl methyl sites for hydroxylation is 3. The fourth-order valence-corrected chi connectivity index (χ4v) is 3.87. The van der Waals surface area contributed by atoms with Gasteiger partial charge in [-0.05, 0) is 68.7 Å². The molecule has 0 unspecified atom stereocenters. The van der Waals surface area contributed by atoms with E-state index in [1.807, 2.05) is 39.0 Å². The van der Waals surface area contributed by atoms with Crippen molar-refractivity contribution in [2.24, 2.45) is 0 Å². The van der Waals surface area contributed by atoms with Gasteiger partial charge < -0.3 is 10.1 Å². The average Bonchev–Trinajstić information content (AvgIpc) is 2.80. The predicted molar refractivity (Wildman–Crippen MR) is 128 cm³/mol. The molecule has 0 aliphatic heterocycles. The average molecular weight is 480 g/mol. The van der Waals surface area contributed by atoms with Crippen molar-refractivity contribution in [2.75, 3.05) is 6.54 Å². The Bertz CT molecular complexity index is 1400. The van der Waals surface area contributed by atoms with Crippen LogP contribution in [0.15, 0.2) is 60.7 Å². The molecule has 0 bridgehead atoms. The minimum atomic E-state index is -4.53. The van der Waals surface area contributed by atoms with Gasteiger partial charge in [0.2, 0.25) is 0 Å². The summed E-state index contributed by atoms with van der Waals surface area (Å²) in [7, 11) is 0. The minimum absolute atomic E-state index is 0.0922. The Morgan fingerprint density at radius 2 is 1.69 bits per heavy atom. The molecule has 1 heterocycles. The van der Waals surface area contributed by atoms with Crippen LogP contribution in [0.1, 0.15) is 38.2 Å². The zero-order valence-corrected chi connectivity index (χ0v) is 19.5. The molecule has 0 fully saturated rings. The highest BCUT2D eigenvalue weighted by Gasteiger charge is 2.31. The molecule has 8 heteroatoms. The minimum Gasteiger partial charge on any atom is -0.437 e. The summed E-state index contributed by atoms with van der Waals surface area (Å²) in [6.45, 7) is 6.28. The first kappa shape index (κ1) is 24.2. The molecule has 4 rings (SSSR count). The first-order chi connectivity index (χ1) is 16.6. The van der Waals surface area contributed by atoms with E-state index in [0.717, 1.165) is 34.4 Å². The Balaban J connectivity index is 1.65. The molecular weight excluding hydrogens is 455 g/mol. The van der Waals surface area contributed by atoms with Crippen LogP contribution in [0.5, 0.6) is 11.6 Å². The SMILES string of the molecule is Cc1ccc(CCNC(=O)c2c(Oc3cccc(C(F)(F)F)c3)nnc3ccc(C)cc23)c(C)c1. The maximum Gasteiger partial charge on any atom is 0.416 e. The summed E-state index contributed by atoms with van der Waals surface area (Å²) < 4.78 is 45.1. The molecule has 0 radical (unpaired) electrons. The first-order valence-electron chi connectivity index (χ1n) is 11.1. The number of ether oxygens (including phenoxy) is 1. The van der Waals surface area contributed by atoms with Crippen molar-refractivity contribution in [1.82, 2.24) is 15.5 Å². The molecule has 0 aliphatic carbocycles. The number of alkyl halides is 3. The number of hydrogen-bond donors (Lipinski definition) is 1. The quantitative estimate of drug-likeness (QED) is 0.351. The monoisotopic (exact) mass is 479 g/mol. The van der Waals surface area contributed by atoms with Gasteiger partial charge >= 0.3 is 6.18 Å². The van der Waals surface area contributed by atoms with Gasteiger partial charge in [0.25, 0.3) is 11.8 Å². The topological polar surface area (TPSA) is 64.1 Å². The van der Waals surface area contributed by atoms with E-state index in [-0.39, 0.29) is 17.2 Å². The van der Waals surface area contributed by atoms with Crippen molar-refractivity contribution in [1.29, 1.82) is 0 Å². The van der Waals surface area contributed by atoms with Gasteiger partial charge in [-0.1, -0.05) is 41.5 Å². The highest BCUT2D eigenvalue weighted by atomic mass is 19.4. The van der Waals surface area contributed by atoms with E-state index in [4.69, 9.17) is 4.74 Å². The van der Waals surface area contributed by atoms with Gasteiger partial charge in [-0.3, -0.25) is 4.79 Å². The summed E-state index contributed by atoms with van der Waals surface area (Å²) in [5.41, 5.74) is 4.04. The summed E-state index contributed by atoms with van der Waals surface area (Å²) >= 11 is 0. The number of hydrogen-bond acceptors (Lipinski definition) is 4. The lowest BCUT2D eigenvalue weighted by Gasteiger charge is -2.14. The van der Waals surface area contributed by atoms with Gasteiger partial charge in [0.1, 0.15) is 11.3 Å². The number of benzene rings is 3. The van der Waals surface area contributed by atoms with Crippen LogP contribution in [0.3, 0.4) is 0 Å². The molecule has 0 spiro atoms. The molecule has 0 aliphatic rings. The van der Waals surface area contributed by atoms with Gasteiger partial charge in [-0.25, -0.2) is 0 Å². The lowest BCUT2D eigenvalue weighted by atomic mass is 10.0. The standard InChI is InChI=1S/C27H24F3N3O2/c1-16-7-9-19(18(3)13-16)11-12-31-25(34)24-22-14-17(2)8-10-23(22)32-33-26(24)35-21-6-4-5-20(15-21)27(28,29)30/h4-10,13-15H,11-12H2,1-3H3,(H,31,34). The third-order valence-corrected chi connectivity index (χ3v) is 5.66. The van der Waals surface area contributed by atoms with Crippen molar-refractivity contribution < 1.29 is 22.7 Å². The largest absolute Gasteiger partial charge is 0.437 e. The Labute approximate surface area is 201 Å².